The van der Waals surface area contributed by atoms with E-state index in [1.54, 1.807) is 6.92 Å². The number of aliphatic hydroxyl groups is 1. The number of aliphatic carboxylic acids is 1. The molecule has 0 aliphatic rings. The summed E-state index contributed by atoms with van der Waals surface area (Å²) >= 11 is 0. The number of sulfone groups is 1. The van der Waals surface area contributed by atoms with Gasteiger partial charge in [-0.15, -0.1) is 0 Å². The molecule has 2 atom stereocenters. The van der Waals surface area contributed by atoms with Crippen LogP contribution in [0.1, 0.15) is 13.8 Å². The average molecular weight is 239 g/mol. The Labute approximate surface area is 89.2 Å². The van der Waals surface area contributed by atoms with E-state index < -0.39 is 27.4 Å². The standard InChI is InChI=1S/C8H17NO5S/c1-6(4-15(3,13)14)9-5-8(2,12)7(10)11/h6,9,12H,4-5H2,1-3H3,(H,10,11). The van der Waals surface area contributed by atoms with E-state index in [-0.39, 0.29) is 12.3 Å². The Morgan fingerprint density at radius 3 is 2.33 bits per heavy atom. The first kappa shape index (κ1) is 14.3. The van der Waals surface area contributed by atoms with Crippen molar-refractivity contribution in [3.8, 4) is 0 Å². The van der Waals surface area contributed by atoms with Crippen LogP contribution in [0.3, 0.4) is 0 Å². The minimum Gasteiger partial charge on any atom is -0.479 e. The number of carboxylic acid groups (broad SMARTS) is 1. The number of carboxylic acids is 1. The highest BCUT2D eigenvalue weighted by molar-refractivity contribution is 7.90. The van der Waals surface area contributed by atoms with Crippen LogP contribution in [0.5, 0.6) is 0 Å². The highest BCUT2D eigenvalue weighted by Crippen LogP contribution is 2.02. The maximum Gasteiger partial charge on any atom is 0.336 e. The second-order valence-corrected chi connectivity index (χ2v) is 6.14. The molecule has 0 spiro atoms. The summed E-state index contributed by atoms with van der Waals surface area (Å²) in [7, 11) is -3.10. The van der Waals surface area contributed by atoms with Crippen molar-refractivity contribution >= 4 is 15.8 Å². The van der Waals surface area contributed by atoms with Crippen LogP contribution < -0.4 is 5.32 Å². The number of nitrogens with one attached hydrogen (secondary N) is 1. The van der Waals surface area contributed by atoms with Crippen molar-refractivity contribution in [2.24, 2.45) is 0 Å². The molecule has 2 unspecified atom stereocenters. The van der Waals surface area contributed by atoms with Crippen molar-refractivity contribution in [1.29, 1.82) is 0 Å². The Hall–Kier alpha value is -0.660. The Kier molecular flexibility index (Phi) is 4.69. The summed E-state index contributed by atoms with van der Waals surface area (Å²) in [5, 5.41) is 20.6. The molecule has 0 rings (SSSR count). The molecule has 0 bridgehead atoms. The number of hydrogen-bond donors (Lipinski definition) is 3. The molecule has 90 valence electrons. The normalized spacial score (nSPS) is 18.1. The Balaban J connectivity index is 4.12. The van der Waals surface area contributed by atoms with Crippen molar-refractivity contribution in [3.05, 3.63) is 0 Å². The highest BCUT2D eigenvalue weighted by atomic mass is 32.2. The average Bonchev–Trinajstić information content (AvgIpc) is 1.97. The Bertz CT molecular complexity index is 322. The van der Waals surface area contributed by atoms with Gasteiger partial charge in [0.15, 0.2) is 5.60 Å². The third-order valence-electron chi connectivity index (χ3n) is 1.81. The molecule has 0 radical (unpaired) electrons. The fraction of sp³-hybridized carbons (Fsp3) is 0.875. The van der Waals surface area contributed by atoms with Gasteiger partial charge < -0.3 is 15.5 Å². The topological polar surface area (TPSA) is 104 Å². The monoisotopic (exact) mass is 239 g/mol. The molecule has 15 heavy (non-hydrogen) atoms. The molecule has 0 aromatic rings. The molecule has 0 saturated carbocycles. The molecule has 0 aliphatic carbocycles. The SMILES string of the molecule is CC(CS(C)(=O)=O)NCC(C)(O)C(=O)O. The molecule has 0 fully saturated rings. The molecule has 0 heterocycles. The van der Waals surface area contributed by atoms with Crippen LogP contribution in [-0.4, -0.2) is 54.8 Å². The quantitative estimate of drug-likeness (QED) is 0.540. The van der Waals surface area contributed by atoms with E-state index in [1.165, 1.54) is 0 Å². The molecule has 0 amide bonds. The second-order valence-electron chi connectivity index (χ2n) is 3.95. The zero-order valence-electron chi connectivity index (χ0n) is 9.02. The predicted molar refractivity (Wildman–Crippen MR) is 55.4 cm³/mol. The summed E-state index contributed by atoms with van der Waals surface area (Å²) in [6.45, 7) is 2.56. The lowest BCUT2D eigenvalue weighted by Gasteiger charge is -2.21. The van der Waals surface area contributed by atoms with Gasteiger partial charge in [-0.05, 0) is 13.8 Å². The largest absolute Gasteiger partial charge is 0.479 e. The fourth-order valence-electron chi connectivity index (χ4n) is 0.962. The van der Waals surface area contributed by atoms with E-state index in [2.05, 4.69) is 5.32 Å². The third-order valence-corrected chi connectivity index (χ3v) is 2.91. The van der Waals surface area contributed by atoms with Gasteiger partial charge in [-0.25, -0.2) is 13.2 Å². The van der Waals surface area contributed by atoms with Crippen LogP contribution in [0, 0.1) is 0 Å². The molecule has 0 aromatic heterocycles. The van der Waals surface area contributed by atoms with E-state index in [9.17, 15) is 18.3 Å². The lowest BCUT2D eigenvalue weighted by molar-refractivity contribution is -0.156. The van der Waals surface area contributed by atoms with Gasteiger partial charge in [0.05, 0.1) is 5.75 Å². The molecule has 3 N–H and O–H groups in total. The summed E-state index contributed by atoms with van der Waals surface area (Å²) in [6, 6.07) is -0.397. The van der Waals surface area contributed by atoms with Crippen LogP contribution in [0.4, 0.5) is 0 Å². The first-order chi connectivity index (χ1) is 6.54. The van der Waals surface area contributed by atoms with Crippen molar-refractivity contribution in [3.63, 3.8) is 0 Å². The van der Waals surface area contributed by atoms with Gasteiger partial charge >= 0.3 is 5.97 Å². The summed E-state index contributed by atoms with van der Waals surface area (Å²) < 4.78 is 21.8. The maximum atomic E-state index is 10.9. The van der Waals surface area contributed by atoms with Crippen molar-refractivity contribution in [1.82, 2.24) is 5.32 Å². The molecule has 0 saturated heterocycles. The number of rotatable bonds is 6. The van der Waals surface area contributed by atoms with E-state index >= 15 is 0 Å². The van der Waals surface area contributed by atoms with Crippen molar-refractivity contribution in [2.45, 2.75) is 25.5 Å². The molecule has 0 aromatic carbocycles. The lowest BCUT2D eigenvalue weighted by Crippen LogP contribution is -2.48. The zero-order chi connectivity index (χ0) is 12.3. The minimum atomic E-state index is -3.10. The van der Waals surface area contributed by atoms with Crippen LogP contribution >= 0.6 is 0 Å². The molecular weight excluding hydrogens is 222 g/mol. The van der Waals surface area contributed by atoms with E-state index in [0.29, 0.717) is 0 Å². The fourth-order valence-corrected chi connectivity index (χ4v) is 1.99. The number of hydrogen-bond acceptors (Lipinski definition) is 5. The van der Waals surface area contributed by atoms with Crippen molar-refractivity contribution in [2.75, 3.05) is 18.6 Å². The third kappa shape index (κ3) is 6.43. The second kappa shape index (κ2) is 4.91. The summed E-state index contributed by atoms with van der Waals surface area (Å²) in [5.74, 6) is -1.44. The first-order valence-corrected chi connectivity index (χ1v) is 6.47. The molecule has 6 nitrogen and oxygen atoms in total. The number of carbonyl (C=O) groups is 1. The van der Waals surface area contributed by atoms with E-state index in [1.807, 2.05) is 0 Å². The first-order valence-electron chi connectivity index (χ1n) is 4.41. The van der Waals surface area contributed by atoms with Crippen LogP contribution in [0.25, 0.3) is 0 Å². The molecule has 7 heteroatoms. The van der Waals surface area contributed by atoms with Crippen molar-refractivity contribution < 1.29 is 23.4 Å². The minimum absolute atomic E-state index is 0.0945. The van der Waals surface area contributed by atoms with Gasteiger partial charge in [-0.2, -0.15) is 0 Å². The van der Waals surface area contributed by atoms with E-state index in [0.717, 1.165) is 13.2 Å². The van der Waals surface area contributed by atoms with Crippen LogP contribution in [0.15, 0.2) is 0 Å². The van der Waals surface area contributed by atoms with Gasteiger partial charge in [0.25, 0.3) is 0 Å². The smallest absolute Gasteiger partial charge is 0.336 e. The van der Waals surface area contributed by atoms with Gasteiger partial charge in [0, 0.05) is 18.8 Å². The van der Waals surface area contributed by atoms with Crippen LogP contribution in [0.2, 0.25) is 0 Å². The van der Waals surface area contributed by atoms with Gasteiger partial charge in [-0.1, -0.05) is 0 Å². The van der Waals surface area contributed by atoms with Gasteiger partial charge in [-0.3, -0.25) is 0 Å². The van der Waals surface area contributed by atoms with E-state index in [4.69, 9.17) is 5.11 Å². The van der Waals surface area contributed by atoms with Gasteiger partial charge in [0.1, 0.15) is 9.84 Å². The van der Waals surface area contributed by atoms with Gasteiger partial charge in [0.2, 0.25) is 0 Å². The lowest BCUT2D eigenvalue weighted by atomic mass is 10.1. The summed E-state index contributed by atoms with van der Waals surface area (Å²) in [5.41, 5.74) is -1.88. The summed E-state index contributed by atoms with van der Waals surface area (Å²) in [4.78, 5) is 10.5. The Morgan fingerprint density at radius 2 is 2.00 bits per heavy atom. The maximum absolute atomic E-state index is 10.9. The zero-order valence-corrected chi connectivity index (χ0v) is 9.84. The molecular formula is C8H17NO5S. The predicted octanol–water partition coefficient (Wildman–Crippen LogP) is -1.16. The summed E-state index contributed by atoms with van der Waals surface area (Å²) in [6.07, 6.45) is 1.10. The Morgan fingerprint density at radius 1 is 1.53 bits per heavy atom. The molecule has 0 aliphatic heterocycles. The highest BCUT2D eigenvalue weighted by Gasteiger charge is 2.30. The van der Waals surface area contributed by atoms with Crippen LogP contribution in [-0.2, 0) is 14.6 Å².